The van der Waals surface area contributed by atoms with E-state index < -0.39 is 0 Å². The molecule has 1 aromatic heterocycles. The summed E-state index contributed by atoms with van der Waals surface area (Å²) in [6, 6.07) is 2.23. The van der Waals surface area contributed by atoms with Crippen LogP contribution in [0.15, 0.2) is 6.33 Å². The van der Waals surface area contributed by atoms with E-state index in [0.29, 0.717) is 31.6 Å². The highest BCUT2D eigenvalue weighted by molar-refractivity contribution is 5.77. The maximum absolute atomic E-state index is 12.3. The highest BCUT2D eigenvalue weighted by Crippen LogP contribution is 2.30. The zero-order valence-electron chi connectivity index (χ0n) is 12.9. The summed E-state index contributed by atoms with van der Waals surface area (Å²) in [4.78, 5) is 20.4. The fourth-order valence-electron chi connectivity index (χ4n) is 2.98. The Balaban J connectivity index is 1.60. The number of morpholine rings is 1. The fourth-order valence-corrected chi connectivity index (χ4v) is 2.98. The van der Waals surface area contributed by atoms with E-state index >= 15 is 0 Å². The van der Waals surface area contributed by atoms with Crippen molar-refractivity contribution in [2.75, 3.05) is 32.8 Å². The van der Waals surface area contributed by atoms with E-state index in [0.717, 1.165) is 13.1 Å². The predicted molar refractivity (Wildman–Crippen MR) is 77.1 cm³/mol. The molecule has 0 aromatic carbocycles. The minimum Gasteiger partial charge on any atom is -0.369 e. The van der Waals surface area contributed by atoms with E-state index in [2.05, 4.69) is 28.8 Å². The lowest BCUT2D eigenvalue weighted by atomic mass is 9.91. The molecule has 0 N–H and O–H groups in total. The van der Waals surface area contributed by atoms with Gasteiger partial charge in [0.2, 0.25) is 0 Å². The quantitative estimate of drug-likeness (QED) is 0.770. The first kappa shape index (κ1) is 14.9. The average molecular weight is 304 g/mol. The van der Waals surface area contributed by atoms with Crippen molar-refractivity contribution in [3.05, 3.63) is 12.2 Å². The summed E-state index contributed by atoms with van der Waals surface area (Å²) in [5, 5.41) is 12.6. The molecule has 0 bridgehead atoms. The van der Waals surface area contributed by atoms with Gasteiger partial charge in [0.05, 0.1) is 32.2 Å². The van der Waals surface area contributed by atoms with Crippen molar-refractivity contribution < 1.29 is 9.53 Å². The minimum absolute atomic E-state index is 0.108. The first-order chi connectivity index (χ1) is 10.5. The fraction of sp³-hybridized carbons (Fsp3) is 0.714. The number of hydrogen-bond acceptors (Lipinski definition) is 6. The number of nitriles is 1. The molecule has 8 nitrogen and oxygen atoms in total. The van der Waals surface area contributed by atoms with Crippen molar-refractivity contribution in [3.63, 3.8) is 0 Å². The number of ether oxygens (including phenoxy) is 1. The van der Waals surface area contributed by atoms with E-state index in [1.807, 2.05) is 6.07 Å². The number of carbonyl (C=O) groups is 1. The van der Waals surface area contributed by atoms with Crippen LogP contribution in [-0.4, -0.2) is 75.0 Å². The Morgan fingerprint density at radius 3 is 2.95 bits per heavy atom. The van der Waals surface area contributed by atoms with Gasteiger partial charge in [0.1, 0.15) is 11.9 Å². The SMILES string of the molecule is CC(C)N1CCOC2(CN(C(=O)n3cnc(CC#N)n3)C2)C1. The highest BCUT2D eigenvalue weighted by atomic mass is 16.5. The summed E-state index contributed by atoms with van der Waals surface area (Å²) in [6.07, 6.45) is 1.47. The van der Waals surface area contributed by atoms with Crippen LogP contribution in [0.5, 0.6) is 0 Å². The molecule has 8 heteroatoms. The molecule has 0 atom stereocenters. The summed E-state index contributed by atoms with van der Waals surface area (Å²) in [7, 11) is 0. The first-order valence-corrected chi connectivity index (χ1v) is 7.48. The van der Waals surface area contributed by atoms with E-state index in [-0.39, 0.29) is 18.1 Å². The van der Waals surface area contributed by atoms with Gasteiger partial charge in [-0.25, -0.2) is 9.78 Å². The summed E-state index contributed by atoms with van der Waals surface area (Å²) in [5.74, 6) is 0.367. The van der Waals surface area contributed by atoms with Gasteiger partial charge in [-0.15, -0.1) is 5.10 Å². The third-order valence-electron chi connectivity index (χ3n) is 4.21. The zero-order valence-corrected chi connectivity index (χ0v) is 12.9. The molecule has 118 valence electrons. The van der Waals surface area contributed by atoms with Gasteiger partial charge in [-0.3, -0.25) is 4.90 Å². The van der Waals surface area contributed by atoms with Gasteiger partial charge in [0.15, 0.2) is 5.82 Å². The molecule has 0 radical (unpaired) electrons. The van der Waals surface area contributed by atoms with Crippen LogP contribution < -0.4 is 0 Å². The van der Waals surface area contributed by atoms with Gasteiger partial charge in [0, 0.05) is 19.1 Å². The Morgan fingerprint density at radius 1 is 1.50 bits per heavy atom. The van der Waals surface area contributed by atoms with Gasteiger partial charge in [-0.2, -0.15) is 9.94 Å². The molecule has 3 rings (SSSR count). The monoisotopic (exact) mass is 304 g/mol. The smallest absolute Gasteiger partial charge is 0.346 e. The highest BCUT2D eigenvalue weighted by Gasteiger charge is 2.49. The van der Waals surface area contributed by atoms with Gasteiger partial charge >= 0.3 is 6.03 Å². The van der Waals surface area contributed by atoms with E-state index in [9.17, 15) is 4.79 Å². The Hall–Kier alpha value is -1.98. The van der Waals surface area contributed by atoms with E-state index in [1.54, 1.807) is 4.90 Å². The van der Waals surface area contributed by atoms with Crippen molar-refractivity contribution in [1.82, 2.24) is 24.6 Å². The van der Waals surface area contributed by atoms with Gasteiger partial charge in [0.25, 0.3) is 0 Å². The molecule has 3 heterocycles. The van der Waals surface area contributed by atoms with Crippen molar-refractivity contribution >= 4 is 6.03 Å². The lowest BCUT2D eigenvalue weighted by molar-refractivity contribution is -0.175. The lowest BCUT2D eigenvalue weighted by Crippen LogP contribution is -2.72. The molecule has 2 saturated heterocycles. The molecule has 0 aliphatic carbocycles. The normalized spacial score (nSPS) is 20.9. The maximum atomic E-state index is 12.3. The molecular formula is C14H20N6O2. The molecule has 0 saturated carbocycles. The molecule has 1 aromatic rings. The number of amides is 1. The zero-order chi connectivity index (χ0) is 15.7. The first-order valence-electron chi connectivity index (χ1n) is 7.48. The van der Waals surface area contributed by atoms with Crippen molar-refractivity contribution in [3.8, 4) is 6.07 Å². The van der Waals surface area contributed by atoms with Crippen LogP contribution in [0.1, 0.15) is 19.7 Å². The number of hydrogen-bond donors (Lipinski definition) is 0. The maximum Gasteiger partial charge on any atom is 0.346 e. The van der Waals surface area contributed by atoms with Crippen molar-refractivity contribution in [1.29, 1.82) is 5.26 Å². The predicted octanol–water partition coefficient (Wildman–Crippen LogP) is 0.107. The molecule has 0 unspecified atom stereocenters. The largest absolute Gasteiger partial charge is 0.369 e. The second-order valence-corrected chi connectivity index (χ2v) is 6.17. The topological polar surface area (TPSA) is 87.3 Å². The molecular weight excluding hydrogens is 284 g/mol. The molecule has 22 heavy (non-hydrogen) atoms. The number of nitrogens with zero attached hydrogens (tertiary/aromatic N) is 6. The van der Waals surface area contributed by atoms with Crippen LogP contribution in [0.25, 0.3) is 0 Å². The molecule has 2 fully saturated rings. The number of rotatable bonds is 2. The Morgan fingerprint density at radius 2 is 2.27 bits per heavy atom. The summed E-state index contributed by atoms with van der Waals surface area (Å²) in [5.41, 5.74) is -0.242. The summed E-state index contributed by atoms with van der Waals surface area (Å²) >= 11 is 0. The van der Waals surface area contributed by atoms with Crippen LogP contribution in [0.4, 0.5) is 4.79 Å². The van der Waals surface area contributed by atoms with E-state index in [4.69, 9.17) is 10.00 Å². The van der Waals surface area contributed by atoms with Crippen LogP contribution in [0, 0.1) is 11.3 Å². The summed E-state index contributed by atoms with van der Waals surface area (Å²) < 4.78 is 7.11. The minimum atomic E-state index is -0.242. The third kappa shape index (κ3) is 2.69. The second kappa shape index (κ2) is 5.66. The Kier molecular flexibility index (Phi) is 3.85. The number of aromatic nitrogens is 3. The lowest BCUT2D eigenvalue weighted by Gasteiger charge is -2.54. The number of carbonyl (C=O) groups excluding carboxylic acids is 1. The van der Waals surface area contributed by atoms with Gasteiger partial charge < -0.3 is 9.64 Å². The molecule has 1 spiro atoms. The van der Waals surface area contributed by atoms with Gasteiger partial charge in [-0.1, -0.05) is 0 Å². The molecule has 1 amide bonds. The second-order valence-electron chi connectivity index (χ2n) is 6.17. The van der Waals surface area contributed by atoms with Crippen LogP contribution in [0.3, 0.4) is 0 Å². The van der Waals surface area contributed by atoms with Crippen molar-refractivity contribution in [2.45, 2.75) is 31.9 Å². The van der Waals surface area contributed by atoms with Crippen LogP contribution >= 0.6 is 0 Å². The number of likely N-dealkylation sites (tertiary alicyclic amines) is 1. The molecule has 2 aliphatic heterocycles. The van der Waals surface area contributed by atoms with Crippen molar-refractivity contribution in [2.24, 2.45) is 0 Å². The Labute approximate surface area is 129 Å². The van der Waals surface area contributed by atoms with Gasteiger partial charge in [-0.05, 0) is 13.8 Å². The van der Waals surface area contributed by atoms with Crippen LogP contribution in [0.2, 0.25) is 0 Å². The summed E-state index contributed by atoms with van der Waals surface area (Å²) in [6.45, 7) is 7.99. The molecule has 2 aliphatic rings. The standard InChI is InChI=1S/C14H20N6O2/c1-11(2)18-5-6-22-14(7-18)8-19(9-14)13(21)20-10-16-12(17-20)3-4-15/h10-11H,3,5-9H2,1-2H3. The Bertz CT molecular complexity index is 599. The van der Waals surface area contributed by atoms with E-state index in [1.165, 1.54) is 11.0 Å². The third-order valence-corrected chi connectivity index (χ3v) is 4.21. The van der Waals surface area contributed by atoms with Crippen LogP contribution in [-0.2, 0) is 11.2 Å². The average Bonchev–Trinajstić information content (AvgIpc) is 2.93.